The quantitative estimate of drug-likeness (QED) is 0.636. The summed E-state index contributed by atoms with van der Waals surface area (Å²) in [6.45, 7) is 2.96. The van der Waals surface area contributed by atoms with Gasteiger partial charge in [-0.25, -0.2) is 4.39 Å². The van der Waals surface area contributed by atoms with Gasteiger partial charge in [0, 0.05) is 36.3 Å². The first-order valence-corrected chi connectivity index (χ1v) is 10.9. The first-order chi connectivity index (χ1) is 14.6. The molecular formula is C21H26ClF4N3O2. The number of amides is 1. The van der Waals surface area contributed by atoms with E-state index in [0.29, 0.717) is 19.6 Å². The highest BCUT2D eigenvalue weighted by atomic mass is 35.5. The van der Waals surface area contributed by atoms with Crippen LogP contribution in [0.5, 0.6) is 0 Å². The zero-order chi connectivity index (χ0) is 22.4. The summed E-state index contributed by atoms with van der Waals surface area (Å²) in [5, 5.41) is 13.2. The number of carbonyl (C=O) groups is 1. The maximum absolute atomic E-state index is 13.4. The highest BCUT2D eigenvalue weighted by Crippen LogP contribution is 2.60. The molecule has 1 saturated carbocycles. The lowest BCUT2D eigenvalue weighted by Crippen LogP contribution is -2.65. The van der Waals surface area contributed by atoms with Crippen LogP contribution in [0.3, 0.4) is 0 Å². The lowest BCUT2D eigenvalue weighted by Gasteiger charge is -2.50. The highest BCUT2D eigenvalue weighted by molar-refractivity contribution is 6.31. The average molecular weight is 464 g/mol. The minimum absolute atomic E-state index is 0.00221. The van der Waals surface area contributed by atoms with E-state index in [-0.39, 0.29) is 41.3 Å². The molecule has 0 aromatic heterocycles. The summed E-state index contributed by atoms with van der Waals surface area (Å²) in [5.74, 6) is -0.648. The Bertz CT molecular complexity index is 799. The van der Waals surface area contributed by atoms with Crippen molar-refractivity contribution in [1.82, 2.24) is 15.1 Å². The van der Waals surface area contributed by atoms with Gasteiger partial charge in [0.25, 0.3) is 5.91 Å². The maximum atomic E-state index is 13.4. The second-order valence-corrected chi connectivity index (χ2v) is 9.42. The van der Waals surface area contributed by atoms with Gasteiger partial charge in [-0.1, -0.05) is 11.6 Å². The molecule has 3 aliphatic rings. The molecule has 31 heavy (non-hydrogen) atoms. The molecule has 2 heterocycles. The third kappa shape index (κ3) is 4.69. The topological polar surface area (TPSA) is 55.8 Å². The van der Waals surface area contributed by atoms with E-state index in [2.05, 4.69) is 10.2 Å². The summed E-state index contributed by atoms with van der Waals surface area (Å²) >= 11 is 5.79. The largest absolute Gasteiger partial charge is 0.398 e. The standard InChI is InChI=1S/C21H26ClF4N3O2/c22-15-7-14(8-16(23)9-15)18(30)27-10-13-1-5-28(6-2-13)17-11-29(12-17)19(31)20(3-4-20)21(24,25)26/h7-9,13,17,19,31H,1-6,10-12H2,(H,27,30). The predicted molar refractivity (Wildman–Crippen MR) is 107 cm³/mol. The smallest absolute Gasteiger partial charge is 0.377 e. The van der Waals surface area contributed by atoms with Crippen LogP contribution in [-0.2, 0) is 0 Å². The number of aliphatic hydroxyl groups excluding tert-OH is 1. The number of aliphatic hydroxyl groups is 1. The second-order valence-electron chi connectivity index (χ2n) is 8.98. The third-order valence-corrected chi connectivity index (χ3v) is 7.14. The van der Waals surface area contributed by atoms with Crippen molar-refractivity contribution in [2.45, 2.75) is 44.1 Å². The van der Waals surface area contributed by atoms with Crippen molar-refractivity contribution in [2.24, 2.45) is 11.3 Å². The number of piperidine rings is 1. The van der Waals surface area contributed by atoms with E-state index in [4.69, 9.17) is 11.6 Å². The summed E-state index contributed by atoms with van der Waals surface area (Å²) < 4.78 is 53.0. The maximum Gasteiger partial charge on any atom is 0.398 e. The Morgan fingerprint density at radius 1 is 1.23 bits per heavy atom. The lowest BCUT2D eigenvalue weighted by molar-refractivity contribution is -0.248. The van der Waals surface area contributed by atoms with Crippen molar-refractivity contribution in [2.75, 3.05) is 32.7 Å². The summed E-state index contributed by atoms with van der Waals surface area (Å²) in [5.41, 5.74) is -1.75. The molecule has 10 heteroatoms. The van der Waals surface area contributed by atoms with Gasteiger partial charge in [0.15, 0.2) is 0 Å². The van der Waals surface area contributed by atoms with E-state index in [1.165, 1.54) is 11.0 Å². The number of likely N-dealkylation sites (tertiary alicyclic amines) is 2. The third-order valence-electron chi connectivity index (χ3n) is 6.93. The molecule has 2 N–H and O–H groups in total. The Morgan fingerprint density at radius 2 is 1.87 bits per heavy atom. The molecule has 2 aliphatic heterocycles. The number of benzene rings is 1. The number of nitrogens with one attached hydrogen (secondary N) is 1. The Labute approximate surface area is 183 Å². The molecule has 5 nitrogen and oxygen atoms in total. The van der Waals surface area contributed by atoms with E-state index < -0.39 is 23.6 Å². The molecule has 3 fully saturated rings. The molecule has 1 unspecified atom stereocenters. The molecule has 1 atom stereocenters. The van der Waals surface area contributed by atoms with Gasteiger partial charge in [0.1, 0.15) is 17.5 Å². The fraction of sp³-hybridized carbons (Fsp3) is 0.667. The van der Waals surface area contributed by atoms with Crippen LogP contribution in [0.2, 0.25) is 5.02 Å². The molecule has 2 saturated heterocycles. The molecule has 0 radical (unpaired) electrons. The van der Waals surface area contributed by atoms with Crippen LogP contribution in [0.4, 0.5) is 17.6 Å². The molecule has 0 bridgehead atoms. The van der Waals surface area contributed by atoms with Gasteiger partial charge in [-0.15, -0.1) is 0 Å². The van der Waals surface area contributed by atoms with Crippen molar-refractivity contribution < 1.29 is 27.5 Å². The Kier molecular flexibility index (Phi) is 6.24. The summed E-state index contributed by atoms with van der Waals surface area (Å²) in [7, 11) is 0. The lowest BCUT2D eigenvalue weighted by atomic mass is 9.92. The Balaban J connectivity index is 1.18. The van der Waals surface area contributed by atoms with Crippen molar-refractivity contribution in [3.8, 4) is 0 Å². The molecule has 1 amide bonds. The number of carbonyl (C=O) groups excluding carboxylic acids is 1. The SMILES string of the molecule is O=C(NCC1CCN(C2CN(C(O)C3(C(F)(F)F)CC3)C2)CC1)c1cc(F)cc(Cl)c1. The van der Waals surface area contributed by atoms with Gasteiger partial charge in [-0.3, -0.25) is 14.6 Å². The number of nitrogens with zero attached hydrogens (tertiary/aromatic N) is 2. The molecular weight excluding hydrogens is 438 g/mol. The predicted octanol–water partition coefficient (Wildman–Crippen LogP) is 3.27. The van der Waals surface area contributed by atoms with Gasteiger partial charge < -0.3 is 10.4 Å². The zero-order valence-corrected chi connectivity index (χ0v) is 17.7. The number of alkyl halides is 3. The first-order valence-electron chi connectivity index (χ1n) is 10.6. The van der Waals surface area contributed by atoms with Crippen LogP contribution in [0, 0.1) is 17.2 Å². The number of hydrogen-bond acceptors (Lipinski definition) is 4. The average Bonchev–Trinajstić information content (AvgIpc) is 3.47. The molecule has 1 aliphatic carbocycles. The summed E-state index contributed by atoms with van der Waals surface area (Å²) in [6, 6.07) is 3.86. The highest BCUT2D eigenvalue weighted by Gasteiger charge is 2.69. The molecule has 0 spiro atoms. The van der Waals surface area contributed by atoms with Crippen molar-refractivity contribution in [3.63, 3.8) is 0 Å². The van der Waals surface area contributed by atoms with E-state index in [1.807, 2.05) is 0 Å². The summed E-state index contributed by atoms with van der Waals surface area (Å²) in [4.78, 5) is 16.0. The minimum Gasteiger partial charge on any atom is -0.377 e. The molecule has 4 rings (SSSR count). The minimum atomic E-state index is -4.36. The van der Waals surface area contributed by atoms with Crippen LogP contribution in [0.15, 0.2) is 18.2 Å². The summed E-state index contributed by atoms with van der Waals surface area (Å²) in [6.07, 6.45) is -4.11. The molecule has 1 aromatic carbocycles. The van der Waals surface area contributed by atoms with Crippen LogP contribution >= 0.6 is 11.6 Å². The molecule has 172 valence electrons. The van der Waals surface area contributed by atoms with Gasteiger partial charge in [0.2, 0.25) is 0 Å². The van der Waals surface area contributed by atoms with E-state index >= 15 is 0 Å². The van der Waals surface area contributed by atoms with Gasteiger partial charge in [-0.05, 0) is 62.9 Å². The Morgan fingerprint density at radius 3 is 2.42 bits per heavy atom. The van der Waals surface area contributed by atoms with Crippen molar-refractivity contribution in [1.29, 1.82) is 0 Å². The normalized spacial score (nSPS) is 23.9. The van der Waals surface area contributed by atoms with Crippen molar-refractivity contribution in [3.05, 3.63) is 34.6 Å². The molecule has 1 aromatic rings. The number of hydrogen-bond donors (Lipinski definition) is 2. The fourth-order valence-electron chi connectivity index (χ4n) is 4.64. The van der Waals surface area contributed by atoms with Crippen LogP contribution < -0.4 is 5.32 Å². The Hall–Kier alpha value is -1.42. The van der Waals surface area contributed by atoms with Crippen molar-refractivity contribution >= 4 is 17.5 Å². The number of halogens is 5. The van der Waals surface area contributed by atoms with E-state index in [0.717, 1.165) is 38.1 Å². The van der Waals surface area contributed by atoms with Gasteiger partial charge in [-0.2, -0.15) is 13.2 Å². The monoisotopic (exact) mass is 463 g/mol. The van der Waals surface area contributed by atoms with E-state index in [9.17, 15) is 27.5 Å². The van der Waals surface area contributed by atoms with Crippen LogP contribution in [0.25, 0.3) is 0 Å². The number of rotatable bonds is 6. The first kappa shape index (κ1) is 22.8. The van der Waals surface area contributed by atoms with Crippen LogP contribution in [-0.4, -0.2) is 72.0 Å². The zero-order valence-electron chi connectivity index (χ0n) is 17.0. The van der Waals surface area contributed by atoms with Gasteiger partial charge >= 0.3 is 6.18 Å². The fourth-order valence-corrected chi connectivity index (χ4v) is 4.86. The van der Waals surface area contributed by atoms with Crippen LogP contribution in [0.1, 0.15) is 36.0 Å². The van der Waals surface area contributed by atoms with Gasteiger partial charge in [0.05, 0.1) is 0 Å². The van der Waals surface area contributed by atoms with E-state index in [1.54, 1.807) is 0 Å². The second kappa shape index (κ2) is 8.50.